The standard InChI is InChI=1S/C12H12BrFN2OS/c13-9-5-7(14)3-4-8(9)12(17)16-10(11(15)18)6-1-2-6/h3-6,10H,1-2H2,(H2,15,18)(H,16,17). The highest BCUT2D eigenvalue weighted by molar-refractivity contribution is 9.10. The average molecular weight is 331 g/mol. The molecular formula is C12H12BrFN2OS. The molecule has 1 aliphatic rings. The Bertz CT molecular complexity index is 505. The third-order valence-corrected chi connectivity index (χ3v) is 3.77. The van der Waals surface area contributed by atoms with Crippen molar-refractivity contribution in [3.05, 3.63) is 34.1 Å². The predicted octanol–water partition coefficient (Wildman–Crippen LogP) is 2.38. The Morgan fingerprint density at radius 1 is 1.56 bits per heavy atom. The molecule has 1 fully saturated rings. The van der Waals surface area contributed by atoms with E-state index in [-0.39, 0.29) is 11.9 Å². The number of amides is 1. The van der Waals surface area contributed by atoms with E-state index in [1.54, 1.807) is 0 Å². The Morgan fingerprint density at radius 2 is 2.22 bits per heavy atom. The van der Waals surface area contributed by atoms with Crippen molar-refractivity contribution in [1.29, 1.82) is 0 Å². The third-order valence-electron chi connectivity index (χ3n) is 2.86. The number of nitrogens with one attached hydrogen (secondary N) is 1. The Hall–Kier alpha value is -1.01. The van der Waals surface area contributed by atoms with Crippen molar-refractivity contribution in [3.63, 3.8) is 0 Å². The van der Waals surface area contributed by atoms with Crippen molar-refractivity contribution in [2.75, 3.05) is 0 Å². The Balaban J connectivity index is 2.13. The van der Waals surface area contributed by atoms with Crippen LogP contribution in [0.3, 0.4) is 0 Å². The zero-order chi connectivity index (χ0) is 13.3. The molecule has 6 heteroatoms. The average Bonchev–Trinajstić information content (AvgIpc) is 3.08. The minimum absolute atomic E-state index is 0.274. The molecule has 18 heavy (non-hydrogen) atoms. The molecule has 1 atom stereocenters. The fraction of sp³-hybridized carbons (Fsp3) is 0.333. The van der Waals surface area contributed by atoms with Gasteiger partial charge in [-0.2, -0.15) is 0 Å². The highest BCUT2D eigenvalue weighted by atomic mass is 79.9. The number of benzene rings is 1. The quantitative estimate of drug-likeness (QED) is 0.833. The van der Waals surface area contributed by atoms with Crippen molar-refractivity contribution in [2.45, 2.75) is 18.9 Å². The lowest BCUT2D eigenvalue weighted by Crippen LogP contribution is -2.45. The van der Waals surface area contributed by atoms with Gasteiger partial charge in [0.1, 0.15) is 5.82 Å². The van der Waals surface area contributed by atoms with E-state index in [1.807, 2.05) is 0 Å². The van der Waals surface area contributed by atoms with Gasteiger partial charge in [-0.3, -0.25) is 4.79 Å². The summed E-state index contributed by atoms with van der Waals surface area (Å²) in [4.78, 5) is 12.3. The van der Waals surface area contributed by atoms with Crippen LogP contribution in [0.15, 0.2) is 22.7 Å². The minimum atomic E-state index is -0.397. The van der Waals surface area contributed by atoms with Crippen molar-refractivity contribution in [2.24, 2.45) is 11.7 Å². The van der Waals surface area contributed by atoms with Crippen molar-refractivity contribution >= 4 is 39.0 Å². The van der Waals surface area contributed by atoms with Crippen LogP contribution in [0.5, 0.6) is 0 Å². The molecule has 2 rings (SSSR count). The van der Waals surface area contributed by atoms with Gasteiger partial charge in [-0.15, -0.1) is 0 Å². The first-order valence-electron chi connectivity index (χ1n) is 5.54. The number of carbonyl (C=O) groups is 1. The van der Waals surface area contributed by atoms with Gasteiger partial charge in [0.25, 0.3) is 5.91 Å². The topological polar surface area (TPSA) is 55.1 Å². The molecule has 0 bridgehead atoms. The summed E-state index contributed by atoms with van der Waals surface area (Å²) in [7, 11) is 0. The highest BCUT2D eigenvalue weighted by Gasteiger charge is 2.34. The van der Waals surface area contributed by atoms with Crippen LogP contribution in [0.1, 0.15) is 23.2 Å². The summed E-state index contributed by atoms with van der Waals surface area (Å²) in [5.41, 5.74) is 5.98. The molecule has 0 radical (unpaired) electrons. The Morgan fingerprint density at radius 3 is 2.72 bits per heavy atom. The number of carbonyl (C=O) groups excluding carboxylic acids is 1. The number of halogens is 2. The van der Waals surface area contributed by atoms with E-state index < -0.39 is 5.82 Å². The van der Waals surface area contributed by atoms with E-state index in [0.29, 0.717) is 20.9 Å². The lowest BCUT2D eigenvalue weighted by atomic mass is 10.1. The second-order valence-corrected chi connectivity index (χ2v) is 5.64. The van der Waals surface area contributed by atoms with Crippen molar-refractivity contribution < 1.29 is 9.18 Å². The van der Waals surface area contributed by atoms with Gasteiger partial charge in [-0.05, 0) is 52.9 Å². The second-order valence-electron chi connectivity index (χ2n) is 4.32. The molecule has 96 valence electrons. The molecule has 3 N–H and O–H groups in total. The van der Waals surface area contributed by atoms with Gasteiger partial charge in [0.05, 0.1) is 16.6 Å². The summed E-state index contributed by atoms with van der Waals surface area (Å²) in [6.45, 7) is 0. The molecule has 3 nitrogen and oxygen atoms in total. The first-order chi connectivity index (χ1) is 8.49. The maximum absolute atomic E-state index is 12.9. The lowest BCUT2D eigenvalue weighted by molar-refractivity contribution is 0.0943. The van der Waals surface area contributed by atoms with Crippen molar-refractivity contribution in [3.8, 4) is 0 Å². The zero-order valence-corrected chi connectivity index (χ0v) is 11.9. The smallest absolute Gasteiger partial charge is 0.253 e. The van der Waals surface area contributed by atoms with Gasteiger partial charge in [-0.1, -0.05) is 12.2 Å². The number of rotatable bonds is 4. The van der Waals surface area contributed by atoms with E-state index >= 15 is 0 Å². The lowest BCUT2D eigenvalue weighted by Gasteiger charge is -2.17. The molecule has 1 amide bonds. The summed E-state index contributed by atoms with van der Waals surface area (Å²) in [5, 5.41) is 2.80. The van der Waals surface area contributed by atoms with Gasteiger partial charge in [0.15, 0.2) is 0 Å². The maximum atomic E-state index is 12.9. The molecule has 0 heterocycles. The zero-order valence-electron chi connectivity index (χ0n) is 9.45. The minimum Gasteiger partial charge on any atom is -0.392 e. The van der Waals surface area contributed by atoms with Crippen LogP contribution in [0.25, 0.3) is 0 Å². The molecule has 0 aromatic heterocycles. The summed E-state index contributed by atoms with van der Waals surface area (Å²) in [6, 6.07) is 3.65. The molecule has 1 aliphatic carbocycles. The van der Waals surface area contributed by atoms with Crippen molar-refractivity contribution in [1.82, 2.24) is 5.32 Å². The molecule has 0 saturated heterocycles. The van der Waals surface area contributed by atoms with Crippen LogP contribution in [0.4, 0.5) is 4.39 Å². The van der Waals surface area contributed by atoms with E-state index in [4.69, 9.17) is 18.0 Å². The Kier molecular flexibility index (Phi) is 3.97. The fourth-order valence-electron chi connectivity index (χ4n) is 1.74. The van der Waals surface area contributed by atoms with Crippen LogP contribution in [-0.4, -0.2) is 16.9 Å². The van der Waals surface area contributed by atoms with Crippen LogP contribution in [-0.2, 0) is 0 Å². The largest absolute Gasteiger partial charge is 0.392 e. The maximum Gasteiger partial charge on any atom is 0.253 e. The molecular weight excluding hydrogens is 319 g/mol. The first-order valence-corrected chi connectivity index (χ1v) is 6.74. The summed E-state index contributed by atoms with van der Waals surface area (Å²) < 4.78 is 13.4. The van der Waals surface area contributed by atoms with Gasteiger partial charge in [0.2, 0.25) is 0 Å². The third kappa shape index (κ3) is 3.05. The summed E-state index contributed by atoms with van der Waals surface area (Å²) in [6.07, 6.45) is 2.04. The van der Waals surface area contributed by atoms with E-state index in [1.165, 1.54) is 18.2 Å². The van der Waals surface area contributed by atoms with E-state index in [9.17, 15) is 9.18 Å². The first kappa shape index (κ1) is 13.4. The number of hydrogen-bond acceptors (Lipinski definition) is 2. The highest BCUT2D eigenvalue weighted by Crippen LogP contribution is 2.33. The van der Waals surface area contributed by atoms with Crippen LogP contribution >= 0.6 is 28.1 Å². The van der Waals surface area contributed by atoms with Gasteiger partial charge in [-0.25, -0.2) is 4.39 Å². The second kappa shape index (κ2) is 5.32. The molecule has 1 aromatic rings. The van der Waals surface area contributed by atoms with Crippen LogP contribution in [0.2, 0.25) is 0 Å². The SMILES string of the molecule is NC(=S)C(NC(=O)c1ccc(F)cc1Br)C1CC1. The molecule has 1 unspecified atom stereocenters. The molecule has 1 aromatic carbocycles. The number of nitrogens with two attached hydrogens (primary N) is 1. The fourth-order valence-corrected chi connectivity index (χ4v) is 2.53. The van der Waals surface area contributed by atoms with Gasteiger partial charge >= 0.3 is 0 Å². The molecule has 0 spiro atoms. The molecule has 1 saturated carbocycles. The Labute approximate surface area is 118 Å². The van der Waals surface area contributed by atoms with Gasteiger partial charge in [0, 0.05) is 4.47 Å². The normalized spacial score (nSPS) is 16.1. The molecule has 0 aliphatic heterocycles. The monoisotopic (exact) mass is 330 g/mol. The summed E-state index contributed by atoms with van der Waals surface area (Å²) >= 11 is 8.11. The van der Waals surface area contributed by atoms with Gasteiger partial charge < -0.3 is 11.1 Å². The van der Waals surface area contributed by atoms with Crippen LogP contribution < -0.4 is 11.1 Å². The number of hydrogen-bond donors (Lipinski definition) is 2. The van der Waals surface area contributed by atoms with Crippen LogP contribution in [0, 0.1) is 11.7 Å². The van der Waals surface area contributed by atoms with E-state index in [2.05, 4.69) is 21.2 Å². The number of thiocarbonyl (C=S) groups is 1. The summed E-state index contributed by atoms with van der Waals surface area (Å²) in [5.74, 6) is -0.358. The predicted molar refractivity (Wildman–Crippen MR) is 74.9 cm³/mol. The van der Waals surface area contributed by atoms with E-state index in [0.717, 1.165) is 12.8 Å².